The highest BCUT2D eigenvalue weighted by Gasteiger charge is 2.35. The van der Waals surface area contributed by atoms with Crippen molar-refractivity contribution in [3.63, 3.8) is 0 Å². The van der Waals surface area contributed by atoms with Crippen LogP contribution in [0.25, 0.3) is 0 Å². The molecule has 4 nitrogen and oxygen atoms in total. The van der Waals surface area contributed by atoms with Crippen LogP contribution in [0, 0.1) is 6.92 Å². The standard InChI is InChI=1S/C20H26N2O2S/c1-14-7-12-18(25-14)19(15-8-10-16(11-9-15)21(2)3)22-13-5-4-6-17(22)20(23)24/h7-12,17,19H,4-6,13H2,1-3H3,(H,23,24). The van der Waals surface area contributed by atoms with Gasteiger partial charge in [0.15, 0.2) is 0 Å². The Hall–Kier alpha value is -1.85. The molecule has 2 unspecified atom stereocenters. The second kappa shape index (κ2) is 7.58. The van der Waals surface area contributed by atoms with Gasteiger partial charge in [0, 0.05) is 29.5 Å². The maximum Gasteiger partial charge on any atom is 0.320 e. The van der Waals surface area contributed by atoms with E-state index in [-0.39, 0.29) is 6.04 Å². The molecule has 2 heterocycles. The lowest BCUT2D eigenvalue weighted by atomic mass is 9.95. The largest absolute Gasteiger partial charge is 0.480 e. The number of aliphatic carboxylic acids is 1. The molecule has 3 rings (SSSR count). The highest BCUT2D eigenvalue weighted by atomic mass is 32.1. The van der Waals surface area contributed by atoms with Crippen molar-refractivity contribution in [1.82, 2.24) is 4.90 Å². The number of rotatable bonds is 5. The van der Waals surface area contributed by atoms with Crippen LogP contribution in [0.4, 0.5) is 5.69 Å². The van der Waals surface area contributed by atoms with Crippen molar-refractivity contribution in [2.24, 2.45) is 0 Å². The predicted molar refractivity (Wildman–Crippen MR) is 104 cm³/mol. The summed E-state index contributed by atoms with van der Waals surface area (Å²) in [7, 11) is 4.06. The fraction of sp³-hybridized carbons (Fsp3) is 0.450. The minimum absolute atomic E-state index is 0.0105. The molecule has 0 saturated carbocycles. The maximum atomic E-state index is 11.8. The number of likely N-dealkylation sites (tertiary alicyclic amines) is 1. The number of carbonyl (C=O) groups is 1. The van der Waals surface area contributed by atoms with Crippen LogP contribution >= 0.6 is 11.3 Å². The number of piperidine rings is 1. The Kier molecular flexibility index (Phi) is 5.45. The minimum Gasteiger partial charge on any atom is -0.480 e. The molecule has 5 heteroatoms. The quantitative estimate of drug-likeness (QED) is 0.872. The second-order valence-corrected chi connectivity index (χ2v) is 8.24. The highest BCUT2D eigenvalue weighted by molar-refractivity contribution is 7.12. The molecule has 1 aliphatic rings. The fourth-order valence-electron chi connectivity index (χ4n) is 3.60. The zero-order valence-electron chi connectivity index (χ0n) is 15.1. The smallest absolute Gasteiger partial charge is 0.320 e. The van der Waals surface area contributed by atoms with Gasteiger partial charge in [0.05, 0.1) is 6.04 Å². The second-order valence-electron chi connectivity index (χ2n) is 6.92. The summed E-state index contributed by atoms with van der Waals surface area (Å²) in [5, 5.41) is 9.73. The molecule has 0 aliphatic carbocycles. The summed E-state index contributed by atoms with van der Waals surface area (Å²) >= 11 is 1.76. The summed E-state index contributed by atoms with van der Waals surface area (Å²) in [6.07, 6.45) is 2.77. The van der Waals surface area contributed by atoms with Crippen LogP contribution in [0.15, 0.2) is 36.4 Å². The lowest BCUT2D eigenvalue weighted by Gasteiger charge is -2.39. The van der Waals surface area contributed by atoms with Crippen molar-refractivity contribution in [2.75, 3.05) is 25.5 Å². The molecule has 2 aromatic rings. The number of benzene rings is 1. The average molecular weight is 359 g/mol. The van der Waals surface area contributed by atoms with E-state index in [0.717, 1.165) is 31.5 Å². The van der Waals surface area contributed by atoms with E-state index in [4.69, 9.17) is 0 Å². The Balaban J connectivity index is 2.01. The molecule has 1 fully saturated rings. The molecular weight excluding hydrogens is 332 g/mol. The molecule has 1 N–H and O–H groups in total. The molecule has 25 heavy (non-hydrogen) atoms. The SMILES string of the molecule is Cc1ccc(C(c2ccc(N(C)C)cc2)N2CCCCC2C(=O)O)s1. The number of nitrogens with zero attached hydrogens (tertiary/aromatic N) is 2. The zero-order chi connectivity index (χ0) is 18.0. The molecule has 0 amide bonds. The molecule has 1 saturated heterocycles. The van der Waals surface area contributed by atoms with Crippen molar-refractivity contribution >= 4 is 23.0 Å². The molecule has 1 aliphatic heterocycles. The van der Waals surface area contributed by atoms with Gasteiger partial charge in [-0.05, 0) is 56.1 Å². The summed E-state index contributed by atoms with van der Waals surface area (Å²) in [4.78, 5) is 18.6. The first-order chi connectivity index (χ1) is 12.0. The fourth-order valence-corrected chi connectivity index (χ4v) is 4.63. The van der Waals surface area contributed by atoms with E-state index in [9.17, 15) is 9.90 Å². The van der Waals surface area contributed by atoms with E-state index in [2.05, 4.69) is 53.1 Å². The molecular formula is C20H26N2O2S. The molecule has 134 valence electrons. The van der Waals surface area contributed by atoms with E-state index < -0.39 is 12.0 Å². The van der Waals surface area contributed by atoms with Crippen LogP contribution in [-0.2, 0) is 4.79 Å². The van der Waals surface area contributed by atoms with E-state index >= 15 is 0 Å². The topological polar surface area (TPSA) is 43.8 Å². The molecule has 1 aromatic carbocycles. The number of carboxylic acid groups (broad SMARTS) is 1. The first-order valence-electron chi connectivity index (χ1n) is 8.79. The van der Waals surface area contributed by atoms with Crippen molar-refractivity contribution < 1.29 is 9.90 Å². The van der Waals surface area contributed by atoms with E-state index in [1.54, 1.807) is 11.3 Å². The first kappa shape index (κ1) is 18.0. The Morgan fingerprint density at radius 2 is 1.92 bits per heavy atom. The lowest BCUT2D eigenvalue weighted by molar-refractivity contribution is -0.145. The van der Waals surface area contributed by atoms with Gasteiger partial charge in [-0.2, -0.15) is 0 Å². The third-order valence-electron chi connectivity index (χ3n) is 4.92. The summed E-state index contributed by atoms with van der Waals surface area (Å²) < 4.78 is 0. The van der Waals surface area contributed by atoms with Gasteiger partial charge >= 0.3 is 5.97 Å². The van der Waals surface area contributed by atoms with Crippen LogP contribution in [0.1, 0.15) is 40.6 Å². The summed E-state index contributed by atoms with van der Waals surface area (Å²) in [5.74, 6) is -0.706. The normalized spacial score (nSPS) is 19.6. The maximum absolute atomic E-state index is 11.8. The molecule has 1 aromatic heterocycles. The lowest BCUT2D eigenvalue weighted by Crippen LogP contribution is -2.46. The molecule has 2 atom stereocenters. The molecule has 0 radical (unpaired) electrons. The van der Waals surface area contributed by atoms with Crippen LogP contribution in [0.3, 0.4) is 0 Å². The minimum atomic E-state index is -0.706. The van der Waals surface area contributed by atoms with Crippen molar-refractivity contribution in [3.8, 4) is 0 Å². The van der Waals surface area contributed by atoms with Crippen LogP contribution in [0.5, 0.6) is 0 Å². The monoisotopic (exact) mass is 358 g/mol. The third-order valence-corrected chi connectivity index (χ3v) is 5.97. The number of hydrogen-bond donors (Lipinski definition) is 1. The number of anilines is 1. The number of aryl methyl sites for hydroxylation is 1. The number of carboxylic acids is 1. The van der Waals surface area contributed by atoms with Gasteiger partial charge in [-0.25, -0.2) is 0 Å². The van der Waals surface area contributed by atoms with Crippen LogP contribution in [0.2, 0.25) is 0 Å². The van der Waals surface area contributed by atoms with Crippen molar-refractivity contribution in [1.29, 1.82) is 0 Å². The van der Waals surface area contributed by atoms with Gasteiger partial charge in [0.2, 0.25) is 0 Å². The van der Waals surface area contributed by atoms with E-state index in [0.29, 0.717) is 0 Å². The molecule has 0 spiro atoms. The van der Waals surface area contributed by atoms with Gasteiger partial charge in [0.1, 0.15) is 6.04 Å². The Bertz CT molecular complexity index is 724. The average Bonchev–Trinajstić information content (AvgIpc) is 3.02. The van der Waals surface area contributed by atoms with Crippen molar-refractivity contribution in [2.45, 2.75) is 38.3 Å². The third kappa shape index (κ3) is 3.88. The highest BCUT2D eigenvalue weighted by Crippen LogP contribution is 2.37. The van der Waals surface area contributed by atoms with Gasteiger partial charge in [0.25, 0.3) is 0 Å². The zero-order valence-corrected chi connectivity index (χ0v) is 15.9. The Labute approximate surface area is 153 Å². The number of hydrogen-bond acceptors (Lipinski definition) is 4. The van der Waals surface area contributed by atoms with Crippen molar-refractivity contribution in [3.05, 3.63) is 51.7 Å². The summed E-state index contributed by atoms with van der Waals surface area (Å²) in [5.41, 5.74) is 2.32. The van der Waals surface area contributed by atoms with Crippen LogP contribution < -0.4 is 4.90 Å². The number of thiophene rings is 1. The van der Waals surface area contributed by atoms with E-state index in [1.165, 1.54) is 15.3 Å². The van der Waals surface area contributed by atoms with Gasteiger partial charge in [-0.1, -0.05) is 18.6 Å². The summed E-state index contributed by atoms with van der Waals surface area (Å²) in [6, 6.07) is 12.4. The Morgan fingerprint density at radius 3 is 2.48 bits per heavy atom. The first-order valence-corrected chi connectivity index (χ1v) is 9.61. The summed E-state index contributed by atoms with van der Waals surface area (Å²) in [6.45, 7) is 2.93. The van der Waals surface area contributed by atoms with Crippen LogP contribution in [-0.4, -0.2) is 42.7 Å². The van der Waals surface area contributed by atoms with E-state index in [1.807, 2.05) is 14.1 Å². The van der Waals surface area contributed by atoms with Gasteiger partial charge in [-0.15, -0.1) is 11.3 Å². The Morgan fingerprint density at radius 1 is 1.20 bits per heavy atom. The predicted octanol–water partition coefficient (Wildman–Crippen LogP) is 4.15. The van der Waals surface area contributed by atoms with Gasteiger partial charge < -0.3 is 10.0 Å². The molecule has 0 bridgehead atoms. The van der Waals surface area contributed by atoms with Gasteiger partial charge in [-0.3, -0.25) is 9.69 Å².